The van der Waals surface area contributed by atoms with Crippen molar-refractivity contribution in [3.8, 4) is 56.5 Å². The van der Waals surface area contributed by atoms with Crippen molar-refractivity contribution in [3.63, 3.8) is 0 Å². The fourth-order valence-corrected chi connectivity index (χ4v) is 15.1. The van der Waals surface area contributed by atoms with Crippen LogP contribution in [0.5, 0.6) is 11.5 Å². The molecule has 15 aromatic rings. The number of hydrogen-bond acceptors (Lipinski definition) is 12. The monoisotopic (exact) mass is 1460 g/mol. The van der Waals surface area contributed by atoms with Crippen LogP contribution in [-0.2, 0) is 90.5 Å². The largest absolute Gasteiger partial charge is 0.488 e. The average Bonchev–Trinajstić information content (AvgIpc) is 1.60. The number of para-hydroxylation sites is 3. The number of fused-ring (bicyclic) bond motifs is 15. The highest BCUT2D eigenvalue weighted by Gasteiger charge is 2.29. The molecular formula is C92H73ClN10O7. The summed E-state index contributed by atoms with van der Waals surface area (Å²) in [6.07, 6.45) is 10.5. The van der Waals surface area contributed by atoms with Crippen LogP contribution < -0.4 is 20.5 Å². The zero-order chi connectivity index (χ0) is 75.4. The molecule has 4 aliphatic rings. The van der Waals surface area contributed by atoms with E-state index in [1.54, 1.807) is 50.8 Å². The Labute approximate surface area is 639 Å². The van der Waals surface area contributed by atoms with Gasteiger partial charge in [0.25, 0.3) is 0 Å². The zero-order valence-corrected chi connectivity index (χ0v) is 60.7. The van der Waals surface area contributed by atoms with Crippen LogP contribution in [0.15, 0.2) is 281 Å². The van der Waals surface area contributed by atoms with E-state index in [1.807, 2.05) is 138 Å². The summed E-state index contributed by atoms with van der Waals surface area (Å²) in [7, 11) is 0. The molecule has 0 spiro atoms. The van der Waals surface area contributed by atoms with Gasteiger partial charge < -0.3 is 20.5 Å². The topological polar surface area (TPSA) is 213 Å². The van der Waals surface area contributed by atoms with E-state index in [0.717, 1.165) is 114 Å². The second-order valence-corrected chi connectivity index (χ2v) is 28.1. The van der Waals surface area contributed by atoms with Gasteiger partial charge in [-0.15, -0.1) is 0 Å². The Morgan fingerprint density at radius 2 is 0.791 bits per heavy atom. The van der Waals surface area contributed by atoms with Crippen molar-refractivity contribution >= 4 is 90.1 Å². The number of carbonyl (C=O) groups is 5. The Hall–Kier alpha value is -13.6. The Bertz CT molecular complexity index is 5990. The first-order valence-corrected chi connectivity index (χ1v) is 36.7. The van der Waals surface area contributed by atoms with Gasteiger partial charge in [-0.3, -0.25) is 42.7 Å². The van der Waals surface area contributed by atoms with Gasteiger partial charge in [-0.05, 0) is 121 Å². The first-order chi connectivity index (χ1) is 53.7. The number of aromatic nitrogens is 8. The van der Waals surface area contributed by atoms with E-state index in [4.69, 9.17) is 26.8 Å². The molecule has 7 heterocycles. The van der Waals surface area contributed by atoms with E-state index in [1.165, 1.54) is 38.2 Å². The standard InChI is InChI=1S/C24H19N3O.C24H20N2O.C23H18N2O2.C21H16ClN3O3/c1-16-22-14-25-27(24(22)21-8-4-5-9-23(21)26-16)15-20(28)13-17-10-11-18-6-2-3-7-19(18)12-17;27-22(14-17-9-10-18-5-1-2-7-20(18)13-17)16-26-24-21(15-25-26)12-11-19-6-3-4-8-23(19)24;26-20(12-16-9-10-17-5-1-2-6-18(17)11-16)14-25-23-19(13-24-25)15-27-22-8-4-3-7-21(22)23;1-12-17-10-24-25(20(17)15-4-2-3-5-19(15)28-12)11-14(26)8-13-6-7-18(22)16(9-13)21(23)27/h2-12,14,26H,1,13,15H2;1-10,13,15H,11-12,14,16H2;1-11,13H,12,14-15H2;2-7,9-10H,1,8,11H2,(H2,23,27). The van der Waals surface area contributed by atoms with Crippen molar-refractivity contribution in [3.05, 3.63) is 341 Å². The van der Waals surface area contributed by atoms with E-state index in [9.17, 15) is 24.0 Å². The molecule has 110 heavy (non-hydrogen) atoms. The van der Waals surface area contributed by atoms with E-state index >= 15 is 0 Å². The second-order valence-electron chi connectivity index (χ2n) is 27.7. The number of benzene rings is 11. The van der Waals surface area contributed by atoms with Gasteiger partial charge >= 0.3 is 0 Å². The molecule has 0 saturated heterocycles. The number of Topliss-reactive ketones (excluding diaryl/α,β-unsaturated/α-hetero) is 4. The van der Waals surface area contributed by atoms with Crippen molar-refractivity contribution in [2.45, 2.75) is 71.3 Å². The number of nitrogens with one attached hydrogen (secondary N) is 1. The lowest BCUT2D eigenvalue weighted by molar-refractivity contribution is -0.120. The molecular weight excluding hydrogens is 1390 g/mol. The number of hydrogen-bond donors (Lipinski definition) is 2. The van der Waals surface area contributed by atoms with E-state index in [0.29, 0.717) is 49.5 Å². The summed E-state index contributed by atoms with van der Waals surface area (Å²) in [5.41, 5.74) is 24.4. The van der Waals surface area contributed by atoms with Crippen LogP contribution >= 0.6 is 11.6 Å². The zero-order valence-electron chi connectivity index (χ0n) is 60.0. The normalized spacial score (nSPS) is 12.3. The predicted molar refractivity (Wildman–Crippen MR) is 431 cm³/mol. The minimum atomic E-state index is -0.629. The molecule has 1 aliphatic carbocycles. The lowest BCUT2D eigenvalue weighted by atomic mass is 9.90. The maximum atomic E-state index is 12.8. The van der Waals surface area contributed by atoms with Crippen molar-refractivity contribution in [1.82, 2.24) is 39.1 Å². The fourth-order valence-electron chi connectivity index (χ4n) is 14.9. The molecule has 0 atom stereocenters. The Morgan fingerprint density at radius 3 is 1.35 bits per heavy atom. The summed E-state index contributed by atoms with van der Waals surface area (Å²) in [6.45, 7) is 9.41. The number of nitrogens with zero attached hydrogens (tertiary/aromatic N) is 8. The van der Waals surface area contributed by atoms with Gasteiger partial charge in [-0.2, -0.15) is 20.4 Å². The minimum Gasteiger partial charge on any atom is -0.488 e. The predicted octanol–water partition coefficient (Wildman–Crippen LogP) is 17.4. The minimum absolute atomic E-state index is 0.0711. The summed E-state index contributed by atoms with van der Waals surface area (Å²) in [5, 5.41) is 28.4. The lowest BCUT2D eigenvalue weighted by Gasteiger charge is -2.21. The summed E-state index contributed by atoms with van der Waals surface area (Å²) in [6, 6.07) is 80.0. The number of rotatable bonds is 17. The van der Waals surface area contributed by atoms with Crippen molar-refractivity contribution in [2.24, 2.45) is 5.73 Å². The molecule has 0 fully saturated rings. The van der Waals surface area contributed by atoms with Gasteiger partial charge in [0.15, 0.2) is 23.1 Å². The molecule has 3 N–H and O–H groups in total. The first kappa shape index (κ1) is 70.7. The Morgan fingerprint density at radius 1 is 0.391 bits per heavy atom. The van der Waals surface area contributed by atoms with Crippen LogP contribution in [0.4, 0.5) is 5.69 Å². The molecule has 1 amide bonds. The van der Waals surface area contributed by atoms with Crippen molar-refractivity contribution in [1.29, 1.82) is 0 Å². The quantitative estimate of drug-likeness (QED) is 0.0871. The van der Waals surface area contributed by atoms with Crippen LogP contribution in [0.3, 0.4) is 0 Å². The van der Waals surface area contributed by atoms with Gasteiger partial charge in [-0.25, -0.2) is 0 Å². The fraction of sp³-hybridized carbons (Fsp3) is 0.120. The number of ketones is 4. The molecule has 0 bridgehead atoms. The third-order valence-corrected chi connectivity index (χ3v) is 20.4. The number of aryl methyl sites for hydroxylation is 2. The summed E-state index contributed by atoms with van der Waals surface area (Å²) in [4.78, 5) is 62.4. The van der Waals surface area contributed by atoms with Crippen LogP contribution in [0.2, 0.25) is 5.02 Å². The maximum Gasteiger partial charge on any atom is 0.250 e. The highest BCUT2D eigenvalue weighted by molar-refractivity contribution is 6.33. The molecule has 18 heteroatoms. The van der Waals surface area contributed by atoms with Gasteiger partial charge in [0.05, 0.1) is 63.7 Å². The number of carbonyl (C=O) groups excluding carboxylic acids is 5. The molecule has 0 saturated carbocycles. The smallest absolute Gasteiger partial charge is 0.250 e. The van der Waals surface area contributed by atoms with Crippen LogP contribution in [0.1, 0.15) is 60.4 Å². The van der Waals surface area contributed by atoms with E-state index < -0.39 is 5.91 Å². The Kier molecular flexibility index (Phi) is 19.9. The highest BCUT2D eigenvalue weighted by Crippen LogP contribution is 2.43. The number of anilines is 1. The van der Waals surface area contributed by atoms with Crippen LogP contribution in [0.25, 0.3) is 88.8 Å². The van der Waals surface area contributed by atoms with Crippen LogP contribution in [-0.4, -0.2) is 68.2 Å². The molecule has 4 aromatic heterocycles. The number of primary amides is 1. The Balaban J connectivity index is 0.000000111. The number of amides is 1. The molecule has 17 nitrogen and oxygen atoms in total. The molecule has 540 valence electrons. The summed E-state index contributed by atoms with van der Waals surface area (Å²) in [5.74, 6) is 1.76. The summed E-state index contributed by atoms with van der Waals surface area (Å²) >= 11 is 5.96. The van der Waals surface area contributed by atoms with Gasteiger partial charge in [0.1, 0.15) is 50.0 Å². The number of halogens is 1. The molecule has 3 aliphatic heterocycles. The molecule has 19 rings (SSSR count). The third-order valence-electron chi connectivity index (χ3n) is 20.1. The second kappa shape index (κ2) is 31.1. The summed E-state index contributed by atoms with van der Waals surface area (Å²) < 4.78 is 18.6. The van der Waals surface area contributed by atoms with E-state index in [2.05, 4.69) is 136 Å². The SMILES string of the molecule is C=C1Nc2ccccc2-c2c1cnn2CC(=O)Cc1ccc2ccccc2c1.C=C1Oc2ccccc2-c2c1cnn2CC(=O)Cc1ccc(Cl)c(C(N)=O)c1.O=C(Cc1ccc2ccccc2c1)Cn1ncc2c1-c1ccccc1CC2.O=C(Cc1ccc2ccccc2c1)Cn1ncc2c1-c1ccccc1OC2. The van der Waals surface area contributed by atoms with Gasteiger partial charge in [0.2, 0.25) is 5.91 Å². The van der Waals surface area contributed by atoms with Crippen molar-refractivity contribution < 1.29 is 33.4 Å². The first-order valence-electron chi connectivity index (χ1n) is 36.3. The van der Waals surface area contributed by atoms with Crippen LogP contribution in [0, 0.1) is 0 Å². The van der Waals surface area contributed by atoms with E-state index in [-0.39, 0.29) is 59.8 Å². The molecule has 11 aromatic carbocycles. The highest BCUT2D eigenvalue weighted by atomic mass is 35.5. The van der Waals surface area contributed by atoms with Gasteiger partial charge in [0, 0.05) is 70.4 Å². The van der Waals surface area contributed by atoms with Crippen molar-refractivity contribution in [2.75, 3.05) is 5.32 Å². The number of nitrogens with two attached hydrogens (primary N) is 1. The third kappa shape index (κ3) is 15.1. The maximum absolute atomic E-state index is 12.8. The average molecular weight is 1470 g/mol. The lowest BCUT2D eigenvalue weighted by Crippen LogP contribution is -2.17. The number of ether oxygens (including phenoxy) is 2. The molecule has 0 radical (unpaired) electrons. The van der Waals surface area contributed by atoms with Gasteiger partial charge in [-0.1, -0.05) is 225 Å². The molecule has 0 unspecified atom stereocenters.